The van der Waals surface area contributed by atoms with E-state index in [0.717, 1.165) is 0 Å². The second-order valence-electron chi connectivity index (χ2n) is 1.67. The monoisotopic (exact) mass is 127 g/mol. The molecule has 1 aliphatic rings. The maximum atomic E-state index is 8.74. The highest BCUT2D eigenvalue weighted by Gasteiger charge is 2.21. The van der Waals surface area contributed by atoms with Crippen LogP contribution >= 0.6 is 0 Å². The van der Waals surface area contributed by atoms with Crippen LogP contribution in [0.2, 0.25) is 0 Å². The summed E-state index contributed by atoms with van der Waals surface area (Å²) < 4.78 is 0. The molecular weight excluding hydrogens is 121 g/mol. The van der Waals surface area contributed by atoms with Gasteiger partial charge in [-0.3, -0.25) is 5.21 Å². The van der Waals surface area contributed by atoms with Crippen LogP contribution in [0, 0.1) is 0 Å². The van der Waals surface area contributed by atoms with Crippen LogP contribution < -0.4 is 0 Å². The molecule has 1 heterocycles. The van der Waals surface area contributed by atoms with E-state index >= 15 is 0 Å². The van der Waals surface area contributed by atoms with Gasteiger partial charge in [-0.15, -0.1) is 0 Å². The van der Waals surface area contributed by atoms with Crippen LogP contribution in [0.25, 0.3) is 0 Å². The smallest absolute Gasteiger partial charge is 0.470 e. The molecule has 0 atom stereocenters. The van der Waals surface area contributed by atoms with Crippen LogP contribution in [0.1, 0.15) is 0 Å². The number of nitrogens with zero attached hydrogens (tertiary/aromatic N) is 1. The number of hydrogen-bond donors (Lipinski definition) is 3. The molecular formula is C4H6BNO3. The Morgan fingerprint density at radius 3 is 2.67 bits per heavy atom. The lowest BCUT2D eigenvalue weighted by Crippen LogP contribution is -2.36. The van der Waals surface area contributed by atoms with Crippen molar-refractivity contribution in [2.75, 3.05) is 0 Å². The number of hydroxylamine groups is 1. The zero-order valence-electron chi connectivity index (χ0n) is 4.60. The summed E-state index contributed by atoms with van der Waals surface area (Å²) >= 11 is 0. The highest BCUT2D eigenvalue weighted by molar-refractivity contribution is 6.53. The van der Waals surface area contributed by atoms with Crippen molar-refractivity contribution in [3.63, 3.8) is 0 Å². The molecule has 0 radical (unpaired) electrons. The quantitative estimate of drug-likeness (QED) is 0.389. The number of rotatable bonds is 0. The molecule has 0 fully saturated rings. The van der Waals surface area contributed by atoms with E-state index in [1.165, 1.54) is 18.1 Å². The van der Waals surface area contributed by atoms with Gasteiger partial charge in [0, 0.05) is 0 Å². The minimum Gasteiger partial charge on any atom is -0.494 e. The lowest BCUT2D eigenvalue weighted by Gasteiger charge is -2.17. The van der Waals surface area contributed by atoms with E-state index < -0.39 is 7.05 Å². The van der Waals surface area contributed by atoms with Gasteiger partial charge in [0.2, 0.25) is 5.88 Å². The Balaban J connectivity index is 2.73. The molecule has 1 rings (SSSR count). The average molecular weight is 127 g/mol. The highest BCUT2D eigenvalue weighted by atomic mass is 16.5. The van der Waals surface area contributed by atoms with Crippen LogP contribution in [0.5, 0.6) is 0 Å². The van der Waals surface area contributed by atoms with E-state index in [4.69, 9.17) is 15.3 Å². The third kappa shape index (κ3) is 1.06. The Morgan fingerprint density at radius 1 is 1.56 bits per heavy atom. The molecule has 9 heavy (non-hydrogen) atoms. The van der Waals surface area contributed by atoms with Crippen molar-refractivity contribution in [1.29, 1.82) is 0 Å². The number of aliphatic hydroxyl groups excluding tert-OH is 1. The van der Waals surface area contributed by atoms with Gasteiger partial charge in [0.1, 0.15) is 0 Å². The maximum Gasteiger partial charge on any atom is 0.470 e. The van der Waals surface area contributed by atoms with Gasteiger partial charge in [-0.1, -0.05) is 12.1 Å². The third-order valence-corrected chi connectivity index (χ3v) is 1.01. The molecule has 1 aliphatic heterocycles. The second-order valence-corrected chi connectivity index (χ2v) is 1.67. The van der Waals surface area contributed by atoms with Crippen LogP contribution in [0.4, 0.5) is 0 Å². The number of allylic oxidation sites excluding steroid dienone is 2. The zero-order chi connectivity index (χ0) is 6.85. The molecule has 0 saturated carbocycles. The Hall–Kier alpha value is -0.935. The van der Waals surface area contributed by atoms with Crippen molar-refractivity contribution in [2.24, 2.45) is 0 Å². The van der Waals surface area contributed by atoms with E-state index in [9.17, 15) is 0 Å². The van der Waals surface area contributed by atoms with Crippen molar-refractivity contribution in [3.05, 3.63) is 24.0 Å². The average Bonchev–Trinajstić information content (AvgIpc) is 1.83. The van der Waals surface area contributed by atoms with Gasteiger partial charge >= 0.3 is 7.05 Å². The Labute approximate surface area is 52.4 Å². The minimum absolute atomic E-state index is 0.356. The molecule has 0 amide bonds. The first-order valence-corrected chi connectivity index (χ1v) is 2.45. The predicted octanol–water partition coefficient (Wildman–Crippen LogP) is -0.333. The first kappa shape index (κ1) is 6.19. The second kappa shape index (κ2) is 2.12. The lowest BCUT2D eigenvalue weighted by atomic mass is 9.81. The Morgan fingerprint density at radius 2 is 2.22 bits per heavy atom. The molecule has 5 heteroatoms. The molecule has 48 valence electrons. The molecule has 0 aliphatic carbocycles. The van der Waals surface area contributed by atoms with Gasteiger partial charge in [0.25, 0.3) is 0 Å². The van der Waals surface area contributed by atoms with Crippen LogP contribution in [-0.2, 0) is 0 Å². The van der Waals surface area contributed by atoms with Gasteiger partial charge in [0.05, 0.1) is 0 Å². The Bertz CT molecular complexity index is 167. The van der Waals surface area contributed by atoms with Crippen molar-refractivity contribution in [2.45, 2.75) is 0 Å². The van der Waals surface area contributed by atoms with E-state index in [0.29, 0.717) is 4.97 Å². The summed E-state index contributed by atoms with van der Waals surface area (Å²) in [5.41, 5.74) is 0. The topological polar surface area (TPSA) is 63.9 Å². The molecule has 0 unspecified atom stereocenters. The molecule has 4 nitrogen and oxygen atoms in total. The van der Waals surface area contributed by atoms with E-state index in [2.05, 4.69) is 0 Å². The van der Waals surface area contributed by atoms with Gasteiger partial charge in [0.15, 0.2) is 0 Å². The molecule has 0 spiro atoms. The first-order valence-electron chi connectivity index (χ1n) is 2.45. The molecule has 0 bridgehead atoms. The standard InChI is InChI=1S/C4H6BNO3/c7-4-2-1-3-5(8)6(4)9/h1-3,7-9H. The highest BCUT2D eigenvalue weighted by Crippen LogP contribution is 2.04. The summed E-state index contributed by atoms with van der Waals surface area (Å²) in [4.78, 5) is 0.361. The SMILES string of the molecule is OB1C=CC=C(O)N1O. The zero-order valence-corrected chi connectivity index (χ0v) is 4.60. The van der Waals surface area contributed by atoms with Crippen LogP contribution in [-0.4, -0.2) is 27.4 Å². The summed E-state index contributed by atoms with van der Waals surface area (Å²) in [6.07, 6.45) is 2.72. The summed E-state index contributed by atoms with van der Waals surface area (Å²) in [7, 11) is -1.13. The number of aliphatic hydroxyl groups is 1. The Kier molecular flexibility index (Phi) is 1.46. The third-order valence-electron chi connectivity index (χ3n) is 1.01. The summed E-state index contributed by atoms with van der Waals surface area (Å²) in [5, 5.41) is 26.1. The van der Waals surface area contributed by atoms with Crippen molar-refractivity contribution in [1.82, 2.24) is 4.97 Å². The molecule has 0 aromatic heterocycles. The summed E-state index contributed by atoms with van der Waals surface area (Å²) in [6, 6.07) is 0. The van der Waals surface area contributed by atoms with E-state index in [-0.39, 0.29) is 5.88 Å². The normalized spacial score (nSPS) is 18.2. The molecule has 0 aromatic rings. The summed E-state index contributed by atoms with van der Waals surface area (Å²) in [6.45, 7) is 0. The van der Waals surface area contributed by atoms with E-state index in [1.54, 1.807) is 0 Å². The van der Waals surface area contributed by atoms with Crippen LogP contribution in [0.3, 0.4) is 0 Å². The maximum absolute atomic E-state index is 8.74. The van der Waals surface area contributed by atoms with Gasteiger partial charge in [-0.25, -0.2) is 4.97 Å². The van der Waals surface area contributed by atoms with Crippen molar-refractivity contribution >= 4 is 7.05 Å². The van der Waals surface area contributed by atoms with Crippen molar-refractivity contribution in [3.8, 4) is 0 Å². The fourth-order valence-electron chi connectivity index (χ4n) is 0.534. The minimum atomic E-state index is -1.13. The molecule has 0 aromatic carbocycles. The van der Waals surface area contributed by atoms with Crippen LogP contribution in [0.15, 0.2) is 24.0 Å². The number of hydrogen-bond acceptors (Lipinski definition) is 4. The molecule has 0 saturated heterocycles. The fourth-order valence-corrected chi connectivity index (χ4v) is 0.534. The summed E-state index contributed by atoms with van der Waals surface area (Å²) in [5.74, 6) is 0.977. The molecule has 3 N–H and O–H groups in total. The lowest BCUT2D eigenvalue weighted by molar-refractivity contribution is -0.0253. The predicted molar refractivity (Wildman–Crippen MR) is 31.5 cm³/mol. The van der Waals surface area contributed by atoms with Gasteiger partial charge in [-0.05, 0) is 6.08 Å². The first-order chi connectivity index (χ1) is 4.22. The fraction of sp³-hybridized carbons (Fsp3) is 0. The largest absolute Gasteiger partial charge is 0.494 e. The van der Waals surface area contributed by atoms with Gasteiger partial charge in [-0.2, -0.15) is 0 Å². The van der Waals surface area contributed by atoms with Gasteiger partial charge < -0.3 is 10.1 Å². The van der Waals surface area contributed by atoms with Crippen molar-refractivity contribution < 1.29 is 15.3 Å². The van der Waals surface area contributed by atoms with E-state index in [1.807, 2.05) is 0 Å².